The highest BCUT2D eigenvalue weighted by Gasteiger charge is 2.14. The van der Waals surface area contributed by atoms with Crippen LogP contribution in [0.3, 0.4) is 0 Å². The number of hydrogen-bond acceptors (Lipinski definition) is 3. The van der Waals surface area contributed by atoms with E-state index in [9.17, 15) is 9.59 Å². The second kappa shape index (κ2) is 7.93. The van der Waals surface area contributed by atoms with Gasteiger partial charge in [-0.3, -0.25) is 14.5 Å². The number of carbonyl (C=O) groups is 2. The fourth-order valence-electron chi connectivity index (χ4n) is 2.21. The number of likely N-dealkylation sites (N-methyl/N-ethyl adjacent to an activating group) is 1. The lowest BCUT2D eigenvalue weighted by Crippen LogP contribution is -2.37. The lowest BCUT2D eigenvalue weighted by atomic mass is 9.98. The maximum Gasteiger partial charge on any atom is 0.234 e. The van der Waals surface area contributed by atoms with Gasteiger partial charge < -0.3 is 5.32 Å². The number of nitrogens with zero attached hydrogens (tertiary/aromatic N) is 1. The standard InChI is InChI=1S/C17H26N2O2/c1-6-7-18-17(21)11-19(5)10-16(20)15-9-13(3)12(2)8-14(15)4/h8-9H,6-7,10-11H2,1-5H3,(H,18,21). The van der Waals surface area contributed by atoms with Crippen LogP contribution in [0.15, 0.2) is 12.1 Å². The maximum absolute atomic E-state index is 12.4. The molecule has 0 fully saturated rings. The van der Waals surface area contributed by atoms with Crippen molar-refractivity contribution in [2.24, 2.45) is 0 Å². The van der Waals surface area contributed by atoms with Gasteiger partial charge in [-0.25, -0.2) is 0 Å². The minimum atomic E-state index is -0.0380. The van der Waals surface area contributed by atoms with Gasteiger partial charge in [-0.15, -0.1) is 0 Å². The van der Waals surface area contributed by atoms with Crippen LogP contribution in [0.25, 0.3) is 0 Å². The first-order valence-corrected chi connectivity index (χ1v) is 7.41. The Kier molecular flexibility index (Phi) is 6.56. The molecule has 1 aromatic rings. The van der Waals surface area contributed by atoms with Gasteiger partial charge in [-0.05, 0) is 57.0 Å². The first-order chi connectivity index (χ1) is 9.85. The van der Waals surface area contributed by atoms with Crippen molar-refractivity contribution in [1.29, 1.82) is 0 Å². The second-order valence-electron chi connectivity index (χ2n) is 5.70. The monoisotopic (exact) mass is 290 g/mol. The third-order valence-electron chi connectivity index (χ3n) is 3.54. The Balaban J connectivity index is 2.64. The first-order valence-electron chi connectivity index (χ1n) is 7.41. The fraction of sp³-hybridized carbons (Fsp3) is 0.529. The number of hydrogen-bond donors (Lipinski definition) is 1. The van der Waals surface area contributed by atoms with Crippen LogP contribution in [-0.2, 0) is 4.79 Å². The number of rotatable bonds is 7. The van der Waals surface area contributed by atoms with E-state index in [0.29, 0.717) is 6.54 Å². The van der Waals surface area contributed by atoms with Gasteiger partial charge in [0.2, 0.25) is 5.91 Å². The molecule has 0 heterocycles. The van der Waals surface area contributed by atoms with E-state index in [1.807, 2.05) is 39.8 Å². The molecule has 0 atom stereocenters. The second-order valence-corrected chi connectivity index (χ2v) is 5.70. The van der Waals surface area contributed by atoms with Gasteiger partial charge in [0.25, 0.3) is 0 Å². The highest BCUT2D eigenvalue weighted by Crippen LogP contribution is 2.16. The Morgan fingerprint density at radius 3 is 2.29 bits per heavy atom. The molecule has 0 saturated carbocycles. The Morgan fingerprint density at radius 1 is 1.05 bits per heavy atom. The van der Waals surface area contributed by atoms with E-state index < -0.39 is 0 Å². The number of amides is 1. The molecule has 116 valence electrons. The molecule has 1 N–H and O–H groups in total. The zero-order chi connectivity index (χ0) is 16.0. The molecule has 0 aliphatic carbocycles. The van der Waals surface area contributed by atoms with Crippen molar-refractivity contribution in [1.82, 2.24) is 10.2 Å². The number of carbonyl (C=O) groups excluding carboxylic acids is 2. The van der Waals surface area contributed by atoms with Gasteiger partial charge in [0, 0.05) is 12.1 Å². The number of nitrogens with one attached hydrogen (secondary N) is 1. The molecular weight excluding hydrogens is 264 g/mol. The quantitative estimate of drug-likeness (QED) is 0.784. The van der Waals surface area contributed by atoms with Crippen LogP contribution < -0.4 is 5.32 Å². The Labute approximate surface area is 127 Å². The number of aryl methyl sites for hydroxylation is 3. The zero-order valence-electron chi connectivity index (χ0n) is 13.7. The van der Waals surface area contributed by atoms with Gasteiger partial charge in [0.05, 0.1) is 13.1 Å². The lowest BCUT2D eigenvalue weighted by Gasteiger charge is -2.16. The molecule has 0 unspecified atom stereocenters. The summed E-state index contributed by atoms with van der Waals surface area (Å²) in [6, 6.07) is 3.98. The third kappa shape index (κ3) is 5.31. The lowest BCUT2D eigenvalue weighted by molar-refractivity contribution is -0.121. The van der Waals surface area contributed by atoms with Crippen molar-refractivity contribution in [3.05, 3.63) is 34.4 Å². The summed E-state index contributed by atoms with van der Waals surface area (Å²) in [5.41, 5.74) is 4.05. The highest BCUT2D eigenvalue weighted by molar-refractivity contribution is 5.99. The molecule has 0 aliphatic heterocycles. The van der Waals surface area contributed by atoms with E-state index >= 15 is 0 Å². The molecule has 21 heavy (non-hydrogen) atoms. The Morgan fingerprint density at radius 2 is 1.67 bits per heavy atom. The fourth-order valence-corrected chi connectivity index (χ4v) is 2.21. The molecule has 1 aromatic carbocycles. The maximum atomic E-state index is 12.4. The molecule has 0 saturated heterocycles. The van der Waals surface area contributed by atoms with Crippen molar-refractivity contribution in [3.8, 4) is 0 Å². The van der Waals surface area contributed by atoms with Gasteiger partial charge in [0.15, 0.2) is 5.78 Å². The number of benzene rings is 1. The van der Waals surface area contributed by atoms with Crippen LogP contribution in [0.2, 0.25) is 0 Å². The van der Waals surface area contributed by atoms with E-state index in [2.05, 4.69) is 5.32 Å². The van der Waals surface area contributed by atoms with Crippen LogP contribution in [0, 0.1) is 20.8 Å². The van der Waals surface area contributed by atoms with Crippen LogP contribution in [-0.4, -0.2) is 43.3 Å². The molecule has 4 heteroatoms. The van der Waals surface area contributed by atoms with Crippen molar-refractivity contribution in [2.45, 2.75) is 34.1 Å². The third-order valence-corrected chi connectivity index (χ3v) is 3.54. The molecular formula is C17H26N2O2. The molecule has 0 radical (unpaired) electrons. The summed E-state index contributed by atoms with van der Waals surface area (Å²) in [6.45, 7) is 9.19. The first kappa shape index (κ1) is 17.4. The molecule has 0 spiro atoms. The van der Waals surface area contributed by atoms with E-state index in [4.69, 9.17) is 0 Å². The average molecular weight is 290 g/mol. The van der Waals surface area contributed by atoms with Crippen LogP contribution in [0.1, 0.15) is 40.4 Å². The van der Waals surface area contributed by atoms with Crippen molar-refractivity contribution in [2.75, 3.05) is 26.7 Å². The normalized spacial score (nSPS) is 10.8. The van der Waals surface area contributed by atoms with Gasteiger partial charge >= 0.3 is 0 Å². The Hall–Kier alpha value is -1.68. The predicted molar refractivity (Wildman–Crippen MR) is 85.8 cm³/mol. The topological polar surface area (TPSA) is 49.4 Å². The van der Waals surface area contributed by atoms with Gasteiger partial charge in [-0.1, -0.05) is 13.0 Å². The molecule has 0 aliphatic rings. The summed E-state index contributed by atoms with van der Waals surface area (Å²) in [5.74, 6) is 0.0188. The van der Waals surface area contributed by atoms with Crippen LogP contribution in [0.4, 0.5) is 0 Å². The summed E-state index contributed by atoms with van der Waals surface area (Å²) in [7, 11) is 1.79. The van der Waals surface area contributed by atoms with Crippen molar-refractivity contribution in [3.63, 3.8) is 0 Å². The zero-order valence-corrected chi connectivity index (χ0v) is 13.7. The summed E-state index contributed by atoms with van der Waals surface area (Å²) in [4.78, 5) is 25.7. The van der Waals surface area contributed by atoms with Gasteiger partial charge in [-0.2, -0.15) is 0 Å². The minimum Gasteiger partial charge on any atom is -0.355 e. The number of ketones is 1. The van der Waals surface area contributed by atoms with Crippen molar-refractivity contribution < 1.29 is 9.59 Å². The molecule has 1 amide bonds. The SMILES string of the molecule is CCCNC(=O)CN(C)CC(=O)c1cc(C)c(C)cc1C. The smallest absolute Gasteiger partial charge is 0.234 e. The summed E-state index contributed by atoms with van der Waals surface area (Å²) in [6.07, 6.45) is 0.913. The minimum absolute atomic E-state index is 0.0380. The van der Waals surface area contributed by atoms with Crippen LogP contribution in [0.5, 0.6) is 0 Å². The molecule has 0 aromatic heterocycles. The summed E-state index contributed by atoms with van der Waals surface area (Å²) < 4.78 is 0. The molecule has 1 rings (SSSR count). The van der Waals surface area contributed by atoms with E-state index in [0.717, 1.165) is 23.1 Å². The number of Topliss-reactive ketones (excluding diaryl/α,β-unsaturated/α-hetero) is 1. The predicted octanol–water partition coefficient (Wildman–Crippen LogP) is 2.25. The van der Waals surface area contributed by atoms with E-state index in [-0.39, 0.29) is 24.8 Å². The largest absolute Gasteiger partial charge is 0.355 e. The Bertz CT molecular complexity index is 524. The van der Waals surface area contributed by atoms with Gasteiger partial charge in [0.1, 0.15) is 0 Å². The van der Waals surface area contributed by atoms with E-state index in [1.54, 1.807) is 11.9 Å². The van der Waals surface area contributed by atoms with Crippen LogP contribution >= 0.6 is 0 Å². The van der Waals surface area contributed by atoms with Crippen molar-refractivity contribution >= 4 is 11.7 Å². The molecule has 0 bridgehead atoms. The average Bonchev–Trinajstić information content (AvgIpc) is 2.40. The highest BCUT2D eigenvalue weighted by atomic mass is 16.2. The molecule has 4 nitrogen and oxygen atoms in total. The van der Waals surface area contributed by atoms with E-state index in [1.165, 1.54) is 5.56 Å². The summed E-state index contributed by atoms with van der Waals surface area (Å²) in [5, 5.41) is 2.81. The summed E-state index contributed by atoms with van der Waals surface area (Å²) >= 11 is 0.